The van der Waals surface area contributed by atoms with Crippen molar-refractivity contribution in [1.82, 2.24) is 9.55 Å². The van der Waals surface area contributed by atoms with E-state index in [4.69, 9.17) is 14.5 Å². The Hall–Kier alpha value is -1.64. The third kappa shape index (κ3) is 4.92. The number of anilines is 1. The van der Waals surface area contributed by atoms with Crippen molar-refractivity contribution in [2.45, 2.75) is 45.6 Å². The Bertz CT molecular complexity index is 941. The van der Waals surface area contributed by atoms with E-state index in [9.17, 15) is 8.42 Å². The number of rotatable bonds is 7. The first-order chi connectivity index (χ1) is 13.6. The molecule has 1 fully saturated rings. The van der Waals surface area contributed by atoms with Crippen molar-refractivity contribution >= 4 is 26.7 Å². The summed E-state index contributed by atoms with van der Waals surface area (Å²) in [6, 6.07) is 5.73. The van der Waals surface area contributed by atoms with Crippen LogP contribution in [0.1, 0.15) is 39.4 Å². The van der Waals surface area contributed by atoms with E-state index in [1.165, 1.54) is 11.4 Å². The monoisotopic (exact) mass is 423 g/mol. The van der Waals surface area contributed by atoms with Crippen molar-refractivity contribution < 1.29 is 17.9 Å². The SMILES string of the molecule is COCCS(=O)(=O)N(C)c1ccc2c(c1)nc(C(C)(C)C)n2CC1CCOCC1. The maximum absolute atomic E-state index is 12.5. The second kappa shape index (κ2) is 8.62. The number of hydrogen-bond donors (Lipinski definition) is 0. The van der Waals surface area contributed by atoms with Gasteiger partial charge in [0.05, 0.1) is 29.1 Å². The molecule has 2 aromatic rings. The van der Waals surface area contributed by atoms with Crippen LogP contribution in [0.15, 0.2) is 18.2 Å². The number of ether oxygens (including phenoxy) is 2. The second-order valence-electron chi connectivity index (χ2n) is 8.80. The van der Waals surface area contributed by atoms with Crippen LogP contribution >= 0.6 is 0 Å². The number of imidazole rings is 1. The topological polar surface area (TPSA) is 73.7 Å². The minimum Gasteiger partial charge on any atom is -0.384 e. The summed E-state index contributed by atoms with van der Waals surface area (Å²) in [5.41, 5.74) is 2.38. The highest BCUT2D eigenvalue weighted by Crippen LogP contribution is 2.31. The maximum Gasteiger partial charge on any atom is 0.237 e. The quantitative estimate of drug-likeness (QED) is 0.684. The minimum atomic E-state index is -3.44. The lowest BCUT2D eigenvalue weighted by molar-refractivity contribution is 0.0611. The number of hydrogen-bond acceptors (Lipinski definition) is 5. The molecule has 0 bridgehead atoms. The van der Waals surface area contributed by atoms with Crippen molar-refractivity contribution in [2.24, 2.45) is 5.92 Å². The summed E-state index contributed by atoms with van der Waals surface area (Å²) in [5, 5.41) is 0. The molecular formula is C21H33N3O4S. The van der Waals surface area contributed by atoms with Gasteiger partial charge in [-0.25, -0.2) is 13.4 Å². The first kappa shape index (κ1) is 22.1. The normalized spacial score (nSPS) is 16.4. The summed E-state index contributed by atoms with van der Waals surface area (Å²) >= 11 is 0. The summed E-state index contributed by atoms with van der Waals surface area (Å²) in [7, 11) is -0.359. The van der Waals surface area contributed by atoms with Crippen LogP contribution in [0.25, 0.3) is 11.0 Å². The Labute approximate surface area is 174 Å². The Morgan fingerprint density at radius 3 is 2.59 bits per heavy atom. The largest absolute Gasteiger partial charge is 0.384 e. The molecule has 162 valence electrons. The Kier molecular flexibility index (Phi) is 6.55. The third-order valence-corrected chi connectivity index (χ3v) is 7.24. The molecule has 7 nitrogen and oxygen atoms in total. The van der Waals surface area contributed by atoms with E-state index in [0.29, 0.717) is 11.6 Å². The predicted molar refractivity (Wildman–Crippen MR) is 116 cm³/mol. The number of benzene rings is 1. The van der Waals surface area contributed by atoms with E-state index in [-0.39, 0.29) is 17.8 Å². The number of methoxy groups -OCH3 is 1. The third-order valence-electron chi connectivity index (χ3n) is 5.51. The first-order valence-electron chi connectivity index (χ1n) is 10.2. The van der Waals surface area contributed by atoms with Gasteiger partial charge in [0.25, 0.3) is 0 Å². The zero-order valence-corrected chi connectivity index (χ0v) is 19.0. The van der Waals surface area contributed by atoms with E-state index < -0.39 is 10.0 Å². The number of nitrogens with zero attached hydrogens (tertiary/aromatic N) is 3. The van der Waals surface area contributed by atoms with Gasteiger partial charge in [0.15, 0.2) is 0 Å². The standard InChI is InChI=1S/C21H33N3O4S/c1-21(2,3)20-22-18-14-17(23(4)29(25,26)13-12-27-5)6-7-19(18)24(20)15-16-8-10-28-11-9-16/h6-7,14,16H,8-13,15H2,1-5H3. The van der Waals surface area contributed by atoms with Crippen molar-refractivity contribution in [3.8, 4) is 0 Å². The Balaban J connectivity index is 1.98. The fourth-order valence-electron chi connectivity index (χ4n) is 3.74. The zero-order valence-electron chi connectivity index (χ0n) is 18.1. The van der Waals surface area contributed by atoms with Crippen LogP contribution in [0, 0.1) is 5.92 Å². The lowest BCUT2D eigenvalue weighted by Crippen LogP contribution is -2.30. The fraction of sp³-hybridized carbons (Fsp3) is 0.667. The molecule has 8 heteroatoms. The van der Waals surface area contributed by atoms with Crippen molar-refractivity contribution in [1.29, 1.82) is 0 Å². The van der Waals surface area contributed by atoms with Crippen LogP contribution < -0.4 is 4.31 Å². The molecule has 0 radical (unpaired) electrons. The van der Waals surface area contributed by atoms with Crippen LogP contribution in [-0.4, -0.2) is 57.7 Å². The van der Waals surface area contributed by atoms with Crippen LogP contribution in [0.5, 0.6) is 0 Å². The van der Waals surface area contributed by atoms with E-state index in [1.807, 2.05) is 18.2 Å². The van der Waals surface area contributed by atoms with Gasteiger partial charge in [-0.3, -0.25) is 4.31 Å². The number of sulfonamides is 1. The average molecular weight is 424 g/mol. The first-order valence-corrected chi connectivity index (χ1v) is 11.8. The van der Waals surface area contributed by atoms with E-state index in [1.54, 1.807) is 7.05 Å². The van der Waals surface area contributed by atoms with Crippen LogP contribution in [-0.2, 0) is 31.5 Å². The van der Waals surface area contributed by atoms with Crippen LogP contribution in [0.4, 0.5) is 5.69 Å². The average Bonchev–Trinajstić information content (AvgIpc) is 3.04. The summed E-state index contributed by atoms with van der Waals surface area (Å²) < 4.78 is 39.1. The molecule has 3 rings (SSSR count). The highest BCUT2D eigenvalue weighted by atomic mass is 32.2. The van der Waals surface area contributed by atoms with Crippen molar-refractivity contribution in [3.05, 3.63) is 24.0 Å². The Morgan fingerprint density at radius 1 is 1.28 bits per heavy atom. The van der Waals surface area contributed by atoms with Crippen molar-refractivity contribution in [3.63, 3.8) is 0 Å². The van der Waals surface area contributed by atoms with Crippen molar-refractivity contribution in [2.75, 3.05) is 44.0 Å². The minimum absolute atomic E-state index is 0.0521. The molecule has 0 saturated carbocycles. The number of fused-ring (bicyclic) bond motifs is 1. The zero-order chi connectivity index (χ0) is 21.2. The van der Waals surface area contributed by atoms with Gasteiger partial charge >= 0.3 is 0 Å². The van der Waals surface area contributed by atoms with E-state index in [0.717, 1.165) is 49.5 Å². The lowest BCUT2D eigenvalue weighted by Gasteiger charge is -2.26. The fourth-order valence-corrected chi connectivity index (χ4v) is 4.83. The second-order valence-corrected chi connectivity index (χ2v) is 10.9. The molecule has 0 atom stereocenters. The smallest absolute Gasteiger partial charge is 0.237 e. The lowest BCUT2D eigenvalue weighted by atomic mass is 9.94. The van der Waals surface area contributed by atoms with Gasteiger partial charge in [0.1, 0.15) is 5.82 Å². The molecule has 1 aliphatic rings. The van der Waals surface area contributed by atoms with Gasteiger partial charge in [-0.05, 0) is 37.0 Å². The van der Waals surface area contributed by atoms with Gasteiger partial charge in [0, 0.05) is 39.3 Å². The molecular weight excluding hydrogens is 390 g/mol. The molecule has 2 heterocycles. The maximum atomic E-state index is 12.5. The summed E-state index contributed by atoms with van der Waals surface area (Å²) in [4.78, 5) is 4.92. The molecule has 0 N–H and O–H groups in total. The predicted octanol–water partition coefficient (Wildman–Crippen LogP) is 3.17. The Morgan fingerprint density at radius 2 is 1.97 bits per heavy atom. The van der Waals surface area contributed by atoms with E-state index >= 15 is 0 Å². The van der Waals surface area contributed by atoms with Gasteiger partial charge in [-0.1, -0.05) is 20.8 Å². The molecule has 1 aromatic carbocycles. The molecule has 0 spiro atoms. The van der Waals surface area contributed by atoms with Gasteiger partial charge in [-0.15, -0.1) is 0 Å². The van der Waals surface area contributed by atoms with Crippen LogP contribution in [0.2, 0.25) is 0 Å². The molecule has 1 aromatic heterocycles. The van der Waals surface area contributed by atoms with E-state index in [2.05, 4.69) is 25.3 Å². The molecule has 0 aliphatic carbocycles. The van der Waals surface area contributed by atoms with Gasteiger partial charge in [-0.2, -0.15) is 0 Å². The number of aromatic nitrogens is 2. The highest BCUT2D eigenvalue weighted by Gasteiger charge is 2.26. The van der Waals surface area contributed by atoms with Gasteiger partial charge < -0.3 is 14.0 Å². The molecule has 0 unspecified atom stereocenters. The molecule has 1 aliphatic heterocycles. The summed E-state index contributed by atoms with van der Waals surface area (Å²) in [5.74, 6) is 1.55. The highest BCUT2D eigenvalue weighted by molar-refractivity contribution is 7.92. The van der Waals surface area contributed by atoms with Gasteiger partial charge in [0.2, 0.25) is 10.0 Å². The molecule has 29 heavy (non-hydrogen) atoms. The summed E-state index contributed by atoms with van der Waals surface area (Å²) in [6.07, 6.45) is 2.11. The van der Waals surface area contributed by atoms with Crippen LogP contribution in [0.3, 0.4) is 0 Å². The molecule has 0 amide bonds. The summed E-state index contributed by atoms with van der Waals surface area (Å²) in [6.45, 7) is 9.20. The molecule has 1 saturated heterocycles.